The molecule has 27 heavy (non-hydrogen) atoms. The van der Waals surface area contributed by atoms with E-state index in [4.69, 9.17) is 15.9 Å². The van der Waals surface area contributed by atoms with Crippen LogP contribution >= 0.6 is 0 Å². The van der Waals surface area contributed by atoms with Crippen molar-refractivity contribution in [1.82, 2.24) is 4.98 Å². The Morgan fingerprint density at radius 2 is 1.74 bits per heavy atom. The number of aromatic nitrogens is 1. The molecule has 2 rings (SSSR count). The number of carboxylic acid groups (broad SMARTS) is 2. The predicted octanol–water partition coefficient (Wildman–Crippen LogP) is 3.40. The Balaban J connectivity index is 0.000000646. The van der Waals surface area contributed by atoms with Crippen LogP contribution in [0.3, 0.4) is 0 Å². The second-order valence-electron chi connectivity index (χ2n) is 5.36. The molecule has 0 aliphatic heterocycles. The van der Waals surface area contributed by atoms with Crippen LogP contribution in [0.2, 0.25) is 0 Å². The first kappa shape index (κ1) is 21.7. The van der Waals surface area contributed by atoms with Crippen molar-refractivity contribution in [2.45, 2.75) is 26.8 Å². The first-order valence-electron chi connectivity index (χ1n) is 8.25. The van der Waals surface area contributed by atoms with Gasteiger partial charge in [0, 0.05) is 19.5 Å². The van der Waals surface area contributed by atoms with Crippen LogP contribution in [0.25, 0.3) is 0 Å². The first-order valence-corrected chi connectivity index (χ1v) is 8.25. The van der Waals surface area contributed by atoms with Gasteiger partial charge in [0.1, 0.15) is 17.5 Å². The number of hydrogen-bond donors (Lipinski definition) is 4. The number of amides is 1. The van der Waals surface area contributed by atoms with E-state index in [0.717, 1.165) is 10.5 Å². The molecule has 146 valence electrons. The quantitative estimate of drug-likeness (QED) is 0.606. The monoisotopic (exact) mass is 378 g/mol. The second-order valence-corrected chi connectivity index (χ2v) is 5.36. The van der Waals surface area contributed by atoms with Crippen LogP contribution < -0.4 is 16.0 Å². The van der Waals surface area contributed by atoms with Crippen LogP contribution in [0.1, 0.15) is 25.8 Å². The van der Waals surface area contributed by atoms with Crippen molar-refractivity contribution in [2.24, 2.45) is 0 Å². The minimum Gasteiger partial charge on any atom is -0.481 e. The van der Waals surface area contributed by atoms with Crippen LogP contribution in [0, 0.1) is 5.82 Å². The highest BCUT2D eigenvalue weighted by Gasteiger charge is 2.15. The summed E-state index contributed by atoms with van der Waals surface area (Å²) >= 11 is 0. The van der Waals surface area contributed by atoms with Crippen molar-refractivity contribution in [3.63, 3.8) is 0 Å². The molecular formula is C18H23FN4O4. The number of halogens is 1. The minimum atomic E-state index is -1.08. The normalized spacial score (nSPS) is 9.74. The Morgan fingerprint density at radius 3 is 2.19 bits per heavy atom. The zero-order valence-electron chi connectivity index (χ0n) is 15.1. The Bertz CT molecular complexity index is 768. The highest BCUT2D eigenvalue weighted by atomic mass is 19.1. The van der Waals surface area contributed by atoms with Crippen molar-refractivity contribution >= 4 is 29.4 Å². The number of nitrogens with zero attached hydrogens (tertiary/aromatic N) is 2. The Hall–Kier alpha value is -3.36. The highest BCUT2D eigenvalue weighted by Crippen LogP contribution is 2.23. The number of nitrogens with two attached hydrogens (primary N) is 1. The summed E-state index contributed by atoms with van der Waals surface area (Å²) in [6.07, 6.45) is -0.858. The van der Waals surface area contributed by atoms with E-state index in [0.29, 0.717) is 18.1 Å². The van der Waals surface area contributed by atoms with E-state index in [-0.39, 0.29) is 24.6 Å². The lowest BCUT2D eigenvalue weighted by atomic mass is 10.2. The number of rotatable bonds is 6. The van der Waals surface area contributed by atoms with Gasteiger partial charge in [0.25, 0.3) is 0 Å². The maximum Gasteiger partial charge on any atom is 0.411 e. The molecule has 1 aromatic carbocycles. The third-order valence-corrected chi connectivity index (χ3v) is 3.43. The minimum absolute atomic E-state index is 0.133. The molecule has 2 aromatic rings. The molecule has 0 aliphatic carbocycles. The van der Waals surface area contributed by atoms with Gasteiger partial charge in [0.15, 0.2) is 0 Å². The van der Waals surface area contributed by atoms with Gasteiger partial charge in [-0.2, -0.15) is 0 Å². The fraction of sp³-hybridized carbons (Fsp3) is 0.278. The molecule has 0 fully saturated rings. The second kappa shape index (κ2) is 10.6. The van der Waals surface area contributed by atoms with Crippen LogP contribution in [0.15, 0.2) is 36.4 Å². The summed E-state index contributed by atoms with van der Waals surface area (Å²) in [5.41, 5.74) is 7.06. The van der Waals surface area contributed by atoms with Crippen LogP contribution in [-0.2, 0) is 11.3 Å². The van der Waals surface area contributed by atoms with E-state index in [2.05, 4.69) is 10.3 Å². The lowest BCUT2D eigenvalue weighted by molar-refractivity contribution is -0.136. The third kappa shape index (κ3) is 7.18. The first-order chi connectivity index (χ1) is 12.8. The molecule has 8 nitrogen and oxygen atoms in total. The lowest BCUT2D eigenvalue weighted by Crippen LogP contribution is -2.29. The predicted molar refractivity (Wildman–Crippen MR) is 101 cm³/mol. The Kier molecular flexibility index (Phi) is 8.50. The third-order valence-electron chi connectivity index (χ3n) is 3.43. The molecule has 1 amide bonds. The molecule has 0 spiro atoms. The van der Waals surface area contributed by atoms with Crippen molar-refractivity contribution in [3.05, 3.63) is 47.8 Å². The molecule has 0 radical (unpaired) electrons. The number of pyridine rings is 1. The molecular weight excluding hydrogens is 355 g/mol. The van der Waals surface area contributed by atoms with E-state index >= 15 is 0 Å². The number of nitrogens with one attached hydrogen (secondary N) is 1. The van der Waals surface area contributed by atoms with Gasteiger partial charge in [-0.1, -0.05) is 19.1 Å². The molecule has 0 unspecified atom stereocenters. The van der Waals surface area contributed by atoms with E-state index in [1.54, 1.807) is 38.1 Å². The van der Waals surface area contributed by atoms with Gasteiger partial charge in [0.2, 0.25) is 0 Å². The number of benzene rings is 1. The summed E-state index contributed by atoms with van der Waals surface area (Å²) in [6.45, 7) is 4.06. The van der Waals surface area contributed by atoms with Crippen LogP contribution in [0.5, 0.6) is 0 Å². The number of anilines is 3. The largest absolute Gasteiger partial charge is 0.481 e. The summed E-state index contributed by atoms with van der Waals surface area (Å²) < 4.78 is 12.8. The summed E-state index contributed by atoms with van der Waals surface area (Å²) in [6, 6.07) is 9.36. The number of aliphatic carboxylic acids is 1. The van der Waals surface area contributed by atoms with Gasteiger partial charge < -0.3 is 21.3 Å². The average Bonchev–Trinajstić information content (AvgIpc) is 2.63. The summed E-state index contributed by atoms with van der Waals surface area (Å²) in [7, 11) is 0. The van der Waals surface area contributed by atoms with Gasteiger partial charge in [-0.25, -0.2) is 14.2 Å². The average molecular weight is 378 g/mol. The van der Waals surface area contributed by atoms with Crippen LogP contribution in [0.4, 0.5) is 26.5 Å². The van der Waals surface area contributed by atoms with E-state index in [9.17, 15) is 14.0 Å². The molecule has 5 N–H and O–H groups in total. The molecule has 0 saturated heterocycles. The number of hydrogen-bond acceptors (Lipinski definition) is 5. The maximum atomic E-state index is 12.8. The molecule has 0 atom stereocenters. The smallest absolute Gasteiger partial charge is 0.411 e. The molecule has 1 aromatic heterocycles. The van der Waals surface area contributed by atoms with E-state index in [1.165, 1.54) is 12.1 Å². The molecule has 0 aliphatic rings. The van der Waals surface area contributed by atoms with Gasteiger partial charge >= 0.3 is 12.1 Å². The van der Waals surface area contributed by atoms with Crippen molar-refractivity contribution < 1.29 is 24.2 Å². The van der Waals surface area contributed by atoms with Gasteiger partial charge in [-0.05, 0) is 36.8 Å². The molecule has 1 heterocycles. The zero-order chi connectivity index (χ0) is 20.4. The van der Waals surface area contributed by atoms with Crippen molar-refractivity contribution in [2.75, 3.05) is 22.5 Å². The fourth-order valence-corrected chi connectivity index (χ4v) is 2.00. The number of carboxylic acids is 1. The summed E-state index contributed by atoms with van der Waals surface area (Å²) in [4.78, 5) is 25.7. The number of carbonyl (C=O) groups is 2. The maximum absolute atomic E-state index is 12.8. The molecule has 0 bridgehead atoms. The van der Waals surface area contributed by atoms with Gasteiger partial charge in [-0.15, -0.1) is 0 Å². The summed E-state index contributed by atoms with van der Waals surface area (Å²) in [5, 5.41) is 19.9. The fourth-order valence-electron chi connectivity index (χ4n) is 2.00. The standard InChI is InChI=1S/C15H17FN4O2.C3H6O2/c1-2-20(15(21)22)12-7-8-13(19-14(12)17)18-9-10-3-5-11(16)6-4-10;1-2-3(4)5/h3-8H,2,9H2,1H3,(H,21,22)(H3,17,18,19);2H2,1H3,(H,4,5). The summed E-state index contributed by atoms with van der Waals surface area (Å²) in [5.74, 6) is -0.380. The topological polar surface area (TPSA) is 129 Å². The number of nitrogen functional groups attached to an aromatic ring is 1. The lowest BCUT2D eigenvalue weighted by Gasteiger charge is -2.19. The van der Waals surface area contributed by atoms with E-state index in [1.807, 2.05) is 0 Å². The molecule has 0 saturated carbocycles. The van der Waals surface area contributed by atoms with Gasteiger partial charge in [-0.3, -0.25) is 9.69 Å². The Labute approximate surface area is 156 Å². The van der Waals surface area contributed by atoms with Crippen LogP contribution in [-0.4, -0.2) is 33.8 Å². The van der Waals surface area contributed by atoms with E-state index < -0.39 is 12.1 Å². The molecule has 9 heteroatoms. The van der Waals surface area contributed by atoms with Crippen molar-refractivity contribution in [1.29, 1.82) is 0 Å². The Morgan fingerprint density at radius 1 is 1.15 bits per heavy atom. The SMILES string of the molecule is CCC(=O)O.CCN(C(=O)O)c1ccc(NCc2ccc(F)cc2)nc1N. The van der Waals surface area contributed by atoms with Gasteiger partial charge in [0.05, 0.1) is 5.69 Å². The highest BCUT2D eigenvalue weighted by molar-refractivity contribution is 5.89. The van der Waals surface area contributed by atoms with Crippen molar-refractivity contribution in [3.8, 4) is 0 Å². The zero-order valence-corrected chi connectivity index (χ0v) is 15.1.